The summed E-state index contributed by atoms with van der Waals surface area (Å²) in [5.41, 5.74) is 1.15. The number of nitrogens with one attached hydrogen (secondary N) is 2. The van der Waals surface area contributed by atoms with E-state index in [0.717, 1.165) is 25.9 Å². The predicted molar refractivity (Wildman–Crippen MR) is 73.1 cm³/mol. The third-order valence-electron chi connectivity index (χ3n) is 3.62. The Labute approximate surface area is 109 Å². The standard InChI is InChI=1S/C13H20N2O2S/c1-18(16,17)15-11-13(7-9-14-10-8-13)12-5-3-2-4-6-12/h2-6,14-15H,7-11H2,1H3. The summed E-state index contributed by atoms with van der Waals surface area (Å²) in [6.07, 6.45) is 3.13. The molecule has 1 saturated heterocycles. The highest BCUT2D eigenvalue weighted by molar-refractivity contribution is 7.88. The van der Waals surface area contributed by atoms with Gasteiger partial charge in [-0.3, -0.25) is 0 Å². The highest BCUT2D eigenvalue weighted by atomic mass is 32.2. The number of hydrogen-bond donors (Lipinski definition) is 2. The number of piperidine rings is 1. The van der Waals surface area contributed by atoms with E-state index in [2.05, 4.69) is 22.2 Å². The van der Waals surface area contributed by atoms with Gasteiger partial charge in [-0.15, -0.1) is 0 Å². The Balaban J connectivity index is 2.23. The van der Waals surface area contributed by atoms with Gasteiger partial charge < -0.3 is 5.32 Å². The van der Waals surface area contributed by atoms with E-state index in [1.165, 1.54) is 11.8 Å². The van der Waals surface area contributed by atoms with Crippen molar-refractivity contribution in [1.29, 1.82) is 0 Å². The molecule has 1 aromatic carbocycles. The molecule has 0 unspecified atom stereocenters. The van der Waals surface area contributed by atoms with E-state index in [9.17, 15) is 8.42 Å². The fraction of sp³-hybridized carbons (Fsp3) is 0.538. The molecule has 0 saturated carbocycles. The third-order valence-corrected chi connectivity index (χ3v) is 4.29. The lowest BCUT2D eigenvalue weighted by Gasteiger charge is -2.38. The van der Waals surface area contributed by atoms with Crippen molar-refractivity contribution in [3.05, 3.63) is 35.9 Å². The van der Waals surface area contributed by atoms with Gasteiger partial charge in [-0.2, -0.15) is 0 Å². The van der Waals surface area contributed by atoms with Crippen molar-refractivity contribution >= 4 is 10.0 Å². The van der Waals surface area contributed by atoms with Crippen LogP contribution in [0.15, 0.2) is 30.3 Å². The molecule has 5 heteroatoms. The summed E-state index contributed by atoms with van der Waals surface area (Å²) in [4.78, 5) is 0. The first kappa shape index (κ1) is 13.5. The number of rotatable bonds is 4. The second-order valence-corrected chi connectivity index (χ2v) is 6.82. The lowest BCUT2D eigenvalue weighted by Crippen LogP contribution is -2.47. The van der Waals surface area contributed by atoms with Crippen LogP contribution in [-0.2, 0) is 15.4 Å². The molecule has 4 nitrogen and oxygen atoms in total. The zero-order chi connectivity index (χ0) is 13.1. The molecule has 2 rings (SSSR count). The van der Waals surface area contributed by atoms with Crippen molar-refractivity contribution < 1.29 is 8.42 Å². The highest BCUT2D eigenvalue weighted by Crippen LogP contribution is 2.32. The molecule has 2 N–H and O–H groups in total. The van der Waals surface area contributed by atoms with Crippen LogP contribution in [0.2, 0.25) is 0 Å². The second kappa shape index (κ2) is 5.38. The normalized spacial score (nSPS) is 19.6. The average molecular weight is 268 g/mol. The van der Waals surface area contributed by atoms with Gasteiger partial charge in [-0.1, -0.05) is 30.3 Å². The Kier molecular flexibility index (Phi) is 4.04. The van der Waals surface area contributed by atoms with E-state index in [1.807, 2.05) is 18.2 Å². The fourth-order valence-electron chi connectivity index (χ4n) is 2.53. The largest absolute Gasteiger partial charge is 0.317 e. The van der Waals surface area contributed by atoms with E-state index in [-0.39, 0.29) is 5.41 Å². The minimum Gasteiger partial charge on any atom is -0.317 e. The summed E-state index contributed by atoms with van der Waals surface area (Å²) < 4.78 is 25.3. The molecule has 1 heterocycles. The van der Waals surface area contributed by atoms with Gasteiger partial charge in [0.25, 0.3) is 0 Å². The van der Waals surface area contributed by atoms with Crippen LogP contribution < -0.4 is 10.0 Å². The van der Waals surface area contributed by atoms with E-state index >= 15 is 0 Å². The van der Waals surface area contributed by atoms with Crippen molar-refractivity contribution in [3.63, 3.8) is 0 Å². The van der Waals surface area contributed by atoms with Crippen molar-refractivity contribution in [3.8, 4) is 0 Å². The molecule has 0 aromatic heterocycles. The second-order valence-electron chi connectivity index (χ2n) is 4.99. The number of hydrogen-bond acceptors (Lipinski definition) is 3. The average Bonchev–Trinajstić information content (AvgIpc) is 2.38. The van der Waals surface area contributed by atoms with Gasteiger partial charge in [0.05, 0.1) is 6.26 Å². The Bertz CT molecular complexity index is 479. The Morgan fingerprint density at radius 3 is 2.39 bits per heavy atom. The first-order valence-corrected chi connectivity index (χ1v) is 8.12. The molecule has 1 aliphatic heterocycles. The van der Waals surface area contributed by atoms with Crippen LogP contribution >= 0.6 is 0 Å². The SMILES string of the molecule is CS(=O)(=O)NCC1(c2ccccc2)CCNCC1. The quantitative estimate of drug-likeness (QED) is 0.851. The molecule has 0 amide bonds. The molecule has 100 valence electrons. The van der Waals surface area contributed by atoms with E-state index in [0.29, 0.717) is 6.54 Å². The first-order valence-electron chi connectivity index (χ1n) is 6.23. The van der Waals surface area contributed by atoms with Gasteiger partial charge in [-0.25, -0.2) is 13.1 Å². The Morgan fingerprint density at radius 1 is 1.22 bits per heavy atom. The molecule has 1 aromatic rings. The summed E-state index contributed by atoms with van der Waals surface area (Å²) in [7, 11) is -3.14. The van der Waals surface area contributed by atoms with Crippen LogP contribution in [0.25, 0.3) is 0 Å². The maximum atomic E-state index is 11.3. The van der Waals surface area contributed by atoms with Crippen LogP contribution in [-0.4, -0.2) is 34.3 Å². The number of benzene rings is 1. The van der Waals surface area contributed by atoms with Gasteiger partial charge in [0.1, 0.15) is 0 Å². The molecule has 0 radical (unpaired) electrons. The Hall–Kier alpha value is -0.910. The van der Waals surface area contributed by atoms with Crippen LogP contribution in [0.5, 0.6) is 0 Å². The molecule has 1 fully saturated rings. The molecule has 0 spiro atoms. The summed E-state index contributed by atoms with van der Waals surface area (Å²) in [5, 5.41) is 3.33. The molecular formula is C13H20N2O2S. The summed E-state index contributed by atoms with van der Waals surface area (Å²) >= 11 is 0. The van der Waals surface area contributed by atoms with Crippen molar-refractivity contribution in [2.24, 2.45) is 0 Å². The lowest BCUT2D eigenvalue weighted by atomic mass is 9.73. The zero-order valence-electron chi connectivity index (χ0n) is 10.6. The highest BCUT2D eigenvalue weighted by Gasteiger charge is 2.34. The van der Waals surface area contributed by atoms with Gasteiger partial charge in [0.15, 0.2) is 0 Å². The van der Waals surface area contributed by atoms with Crippen LogP contribution in [0.3, 0.4) is 0 Å². The monoisotopic (exact) mass is 268 g/mol. The van der Waals surface area contributed by atoms with E-state index < -0.39 is 10.0 Å². The maximum absolute atomic E-state index is 11.3. The van der Waals surface area contributed by atoms with E-state index in [1.54, 1.807) is 0 Å². The van der Waals surface area contributed by atoms with Crippen molar-refractivity contribution in [2.45, 2.75) is 18.3 Å². The van der Waals surface area contributed by atoms with Crippen LogP contribution in [0.1, 0.15) is 18.4 Å². The van der Waals surface area contributed by atoms with Gasteiger partial charge in [0.2, 0.25) is 10.0 Å². The maximum Gasteiger partial charge on any atom is 0.208 e. The summed E-state index contributed by atoms with van der Waals surface area (Å²) in [5.74, 6) is 0. The van der Waals surface area contributed by atoms with Gasteiger partial charge in [-0.05, 0) is 31.5 Å². The molecule has 0 aliphatic carbocycles. The van der Waals surface area contributed by atoms with Gasteiger partial charge >= 0.3 is 0 Å². The van der Waals surface area contributed by atoms with Crippen LogP contribution in [0.4, 0.5) is 0 Å². The first-order chi connectivity index (χ1) is 8.52. The predicted octanol–water partition coefficient (Wildman–Crippen LogP) is 0.857. The molecule has 1 aliphatic rings. The number of sulfonamides is 1. The summed E-state index contributed by atoms with van der Waals surface area (Å²) in [6.45, 7) is 2.35. The molecule has 0 bridgehead atoms. The Morgan fingerprint density at radius 2 is 1.83 bits per heavy atom. The molecular weight excluding hydrogens is 248 g/mol. The lowest BCUT2D eigenvalue weighted by molar-refractivity contribution is 0.307. The summed E-state index contributed by atoms with van der Waals surface area (Å²) in [6, 6.07) is 10.2. The van der Waals surface area contributed by atoms with Crippen LogP contribution in [0, 0.1) is 0 Å². The minimum atomic E-state index is -3.14. The minimum absolute atomic E-state index is 0.0738. The topological polar surface area (TPSA) is 58.2 Å². The molecule has 0 atom stereocenters. The fourth-order valence-corrected chi connectivity index (χ4v) is 3.07. The van der Waals surface area contributed by atoms with Crippen molar-refractivity contribution in [2.75, 3.05) is 25.9 Å². The zero-order valence-corrected chi connectivity index (χ0v) is 11.5. The van der Waals surface area contributed by atoms with Gasteiger partial charge in [0, 0.05) is 12.0 Å². The van der Waals surface area contributed by atoms with Crippen molar-refractivity contribution in [1.82, 2.24) is 10.0 Å². The van der Waals surface area contributed by atoms with E-state index in [4.69, 9.17) is 0 Å². The molecule has 18 heavy (non-hydrogen) atoms. The smallest absolute Gasteiger partial charge is 0.208 e. The third kappa shape index (κ3) is 3.31.